The lowest BCUT2D eigenvalue weighted by molar-refractivity contribution is -0.181. The largest absolute Gasteiger partial charge is 0.477 e. The van der Waals surface area contributed by atoms with Crippen molar-refractivity contribution in [3.8, 4) is 0 Å². The van der Waals surface area contributed by atoms with E-state index in [1.54, 1.807) is 0 Å². The lowest BCUT2D eigenvalue weighted by Crippen LogP contribution is -2.44. The van der Waals surface area contributed by atoms with Crippen LogP contribution in [-0.4, -0.2) is 23.2 Å². The molecule has 0 aromatic heterocycles. The molecule has 70 valence electrons. The first-order valence-electron chi connectivity index (χ1n) is 3.71. The smallest absolute Gasteiger partial charge is 0.377 e. The van der Waals surface area contributed by atoms with Gasteiger partial charge in [-0.25, -0.2) is 9.18 Å². The second-order valence-corrected chi connectivity index (χ2v) is 3.02. The standard InChI is InChI=1S/C7H9F3O2/c8-5(4-2-1-3-4)7(9,10)6(11)12/h4-5H,1-3H2,(H,11,12). The van der Waals surface area contributed by atoms with E-state index >= 15 is 0 Å². The van der Waals surface area contributed by atoms with Crippen molar-refractivity contribution >= 4 is 5.97 Å². The van der Waals surface area contributed by atoms with E-state index in [-0.39, 0.29) is 0 Å². The number of carbonyl (C=O) groups is 1. The highest BCUT2D eigenvalue weighted by Gasteiger charge is 2.52. The van der Waals surface area contributed by atoms with Crippen molar-refractivity contribution in [2.75, 3.05) is 0 Å². The number of hydrogen-bond acceptors (Lipinski definition) is 1. The first-order chi connectivity index (χ1) is 5.46. The molecule has 1 N–H and O–H groups in total. The summed E-state index contributed by atoms with van der Waals surface area (Å²) < 4.78 is 37.6. The van der Waals surface area contributed by atoms with Crippen LogP contribution in [0, 0.1) is 5.92 Å². The summed E-state index contributed by atoms with van der Waals surface area (Å²) in [5, 5.41) is 7.99. The van der Waals surface area contributed by atoms with Crippen molar-refractivity contribution in [2.45, 2.75) is 31.4 Å². The molecule has 1 unspecified atom stereocenters. The van der Waals surface area contributed by atoms with Crippen LogP contribution in [0.1, 0.15) is 19.3 Å². The molecule has 1 aliphatic carbocycles. The van der Waals surface area contributed by atoms with Gasteiger partial charge < -0.3 is 5.11 Å². The molecule has 12 heavy (non-hydrogen) atoms. The van der Waals surface area contributed by atoms with Gasteiger partial charge in [0.25, 0.3) is 0 Å². The molecule has 1 rings (SSSR count). The lowest BCUT2D eigenvalue weighted by atomic mass is 9.80. The molecule has 0 radical (unpaired) electrons. The molecule has 0 saturated heterocycles. The molecule has 1 saturated carbocycles. The van der Waals surface area contributed by atoms with Crippen LogP contribution in [0.25, 0.3) is 0 Å². The van der Waals surface area contributed by atoms with Crippen molar-refractivity contribution in [1.29, 1.82) is 0 Å². The van der Waals surface area contributed by atoms with Crippen molar-refractivity contribution in [3.63, 3.8) is 0 Å². The Morgan fingerprint density at radius 3 is 2.25 bits per heavy atom. The van der Waals surface area contributed by atoms with E-state index in [2.05, 4.69) is 0 Å². The zero-order valence-electron chi connectivity index (χ0n) is 6.27. The van der Waals surface area contributed by atoms with Gasteiger partial charge in [-0.1, -0.05) is 6.42 Å². The minimum Gasteiger partial charge on any atom is -0.477 e. The third-order valence-electron chi connectivity index (χ3n) is 2.20. The molecular weight excluding hydrogens is 173 g/mol. The van der Waals surface area contributed by atoms with Gasteiger partial charge in [0.15, 0.2) is 6.17 Å². The number of carboxylic acid groups (broad SMARTS) is 1. The molecule has 0 aromatic carbocycles. The van der Waals surface area contributed by atoms with Gasteiger partial charge in [-0.3, -0.25) is 0 Å². The highest BCUT2D eigenvalue weighted by atomic mass is 19.3. The highest BCUT2D eigenvalue weighted by Crippen LogP contribution is 2.38. The molecule has 1 fully saturated rings. The lowest BCUT2D eigenvalue weighted by Gasteiger charge is -2.31. The molecule has 0 spiro atoms. The molecule has 0 heterocycles. The number of alkyl halides is 3. The Balaban J connectivity index is 2.59. The Bertz CT molecular complexity index is 189. The Labute approximate surface area is 67.4 Å². The van der Waals surface area contributed by atoms with Crippen molar-refractivity contribution in [2.24, 2.45) is 5.92 Å². The molecule has 0 bridgehead atoms. The summed E-state index contributed by atoms with van der Waals surface area (Å²) in [6, 6.07) is 0. The van der Waals surface area contributed by atoms with Gasteiger partial charge in [0.2, 0.25) is 0 Å². The first-order valence-corrected chi connectivity index (χ1v) is 3.71. The van der Waals surface area contributed by atoms with Gasteiger partial charge in [-0.15, -0.1) is 0 Å². The maximum atomic E-state index is 12.7. The van der Waals surface area contributed by atoms with Crippen LogP contribution < -0.4 is 0 Å². The normalized spacial score (nSPS) is 21.6. The van der Waals surface area contributed by atoms with Crippen molar-refractivity contribution < 1.29 is 23.1 Å². The van der Waals surface area contributed by atoms with Crippen LogP contribution in [0.3, 0.4) is 0 Å². The number of aliphatic carboxylic acids is 1. The van der Waals surface area contributed by atoms with E-state index in [0.717, 1.165) is 0 Å². The molecule has 0 aliphatic heterocycles. The highest BCUT2D eigenvalue weighted by molar-refractivity contribution is 5.76. The van der Waals surface area contributed by atoms with Crippen LogP contribution >= 0.6 is 0 Å². The number of hydrogen-bond donors (Lipinski definition) is 1. The van der Waals surface area contributed by atoms with Crippen LogP contribution in [0.2, 0.25) is 0 Å². The monoisotopic (exact) mass is 182 g/mol. The molecule has 1 aliphatic rings. The summed E-state index contributed by atoms with van der Waals surface area (Å²) in [4.78, 5) is 9.92. The van der Waals surface area contributed by atoms with Gasteiger partial charge in [0.05, 0.1) is 0 Å². The predicted molar refractivity (Wildman–Crippen MR) is 34.8 cm³/mol. The van der Waals surface area contributed by atoms with E-state index in [1.165, 1.54) is 0 Å². The minimum absolute atomic E-state index is 0.365. The zero-order chi connectivity index (χ0) is 9.35. The van der Waals surface area contributed by atoms with Crippen LogP contribution in [0.4, 0.5) is 13.2 Å². The second-order valence-electron chi connectivity index (χ2n) is 3.02. The number of carboxylic acids is 1. The third-order valence-corrected chi connectivity index (χ3v) is 2.20. The summed E-state index contributed by atoms with van der Waals surface area (Å²) in [7, 11) is 0. The summed E-state index contributed by atoms with van der Waals surface area (Å²) in [6.45, 7) is 0. The van der Waals surface area contributed by atoms with E-state index < -0.39 is 24.0 Å². The first kappa shape index (κ1) is 9.35. The molecular formula is C7H9F3O2. The Hall–Kier alpha value is -0.740. The van der Waals surface area contributed by atoms with E-state index in [0.29, 0.717) is 19.3 Å². The molecule has 0 aromatic rings. The average Bonchev–Trinajstić information content (AvgIpc) is 1.83. The van der Waals surface area contributed by atoms with E-state index in [1.807, 2.05) is 0 Å². The summed E-state index contributed by atoms with van der Waals surface area (Å²) >= 11 is 0. The number of halogens is 3. The van der Waals surface area contributed by atoms with Gasteiger partial charge in [0.1, 0.15) is 0 Å². The molecule has 2 nitrogen and oxygen atoms in total. The summed E-state index contributed by atoms with van der Waals surface area (Å²) in [5.41, 5.74) is 0. The quantitative estimate of drug-likeness (QED) is 0.723. The summed E-state index contributed by atoms with van der Waals surface area (Å²) in [6.07, 6.45) is -1.08. The van der Waals surface area contributed by atoms with Gasteiger partial charge in [-0.05, 0) is 18.8 Å². The fourth-order valence-electron chi connectivity index (χ4n) is 1.15. The predicted octanol–water partition coefficient (Wildman–Crippen LogP) is 1.84. The van der Waals surface area contributed by atoms with Crippen LogP contribution in [0.5, 0.6) is 0 Å². The fourth-order valence-corrected chi connectivity index (χ4v) is 1.15. The SMILES string of the molecule is O=C(O)C(F)(F)C(F)C1CCC1. The van der Waals surface area contributed by atoms with E-state index in [4.69, 9.17) is 5.11 Å². The van der Waals surface area contributed by atoms with Crippen molar-refractivity contribution in [3.05, 3.63) is 0 Å². The zero-order valence-corrected chi connectivity index (χ0v) is 6.27. The summed E-state index contributed by atoms with van der Waals surface area (Å²) in [5.74, 6) is -7.36. The molecule has 5 heteroatoms. The van der Waals surface area contributed by atoms with Gasteiger partial charge in [0, 0.05) is 0 Å². The maximum Gasteiger partial charge on any atom is 0.377 e. The third kappa shape index (κ3) is 1.40. The van der Waals surface area contributed by atoms with Gasteiger partial charge >= 0.3 is 11.9 Å². The maximum absolute atomic E-state index is 12.7. The molecule has 1 atom stereocenters. The Morgan fingerprint density at radius 1 is 1.50 bits per heavy atom. The Morgan fingerprint density at radius 2 is 2.00 bits per heavy atom. The second kappa shape index (κ2) is 2.95. The van der Waals surface area contributed by atoms with Crippen LogP contribution in [0.15, 0.2) is 0 Å². The van der Waals surface area contributed by atoms with Crippen molar-refractivity contribution in [1.82, 2.24) is 0 Å². The topological polar surface area (TPSA) is 37.3 Å². The van der Waals surface area contributed by atoms with E-state index in [9.17, 15) is 18.0 Å². The van der Waals surface area contributed by atoms with Gasteiger partial charge in [-0.2, -0.15) is 8.78 Å². The van der Waals surface area contributed by atoms with Crippen LogP contribution in [-0.2, 0) is 4.79 Å². The molecule has 0 amide bonds. The minimum atomic E-state index is -4.22. The fraction of sp³-hybridized carbons (Fsp3) is 0.857. The average molecular weight is 182 g/mol. The number of rotatable bonds is 3. The Kier molecular flexibility index (Phi) is 2.30.